The number of nitriles is 1. The molecule has 2 rings (SSSR count). The first-order valence-electron chi connectivity index (χ1n) is 7.79. The zero-order chi connectivity index (χ0) is 16.8. The lowest BCUT2D eigenvalue weighted by atomic mass is 9.95. The van der Waals surface area contributed by atoms with Gasteiger partial charge < -0.3 is 9.47 Å². The number of hydrogen-bond donors (Lipinski definition) is 0. The second kappa shape index (κ2) is 7.69. The van der Waals surface area contributed by atoms with Crippen LogP contribution < -0.4 is 9.47 Å². The van der Waals surface area contributed by atoms with E-state index in [2.05, 4.69) is 26.0 Å². The topological polar surface area (TPSA) is 42.2 Å². The molecule has 0 fully saturated rings. The summed E-state index contributed by atoms with van der Waals surface area (Å²) in [5.74, 6) is 1.37. The minimum Gasteiger partial charge on any atom is -0.496 e. The van der Waals surface area contributed by atoms with Crippen molar-refractivity contribution in [1.29, 1.82) is 5.26 Å². The molecule has 0 aliphatic heterocycles. The highest BCUT2D eigenvalue weighted by Crippen LogP contribution is 2.30. The van der Waals surface area contributed by atoms with Gasteiger partial charge in [-0.2, -0.15) is 5.26 Å². The molecule has 0 aromatic heterocycles. The minimum absolute atomic E-state index is 0.239. The molecule has 23 heavy (non-hydrogen) atoms. The highest BCUT2D eigenvalue weighted by Gasteiger charge is 2.16. The third kappa shape index (κ3) is 4.26. The second-order valence-electron chi connectivity index (χ2n) is 5.81. The normalized spacial score (nSPS) is 11.6. The summed E-state index contributed by atoms with van der Waals surface area (Å²) >= 11 is 0. The molecule has 0 amide bonds. The maximum absolute atomic E-state index is 9.51. The van der Waals surface area contributed by atoms with E-state index in [1.54, 1.807) is 7.11 Å². The Morgan fingerprint density at radius 3 is 2.48 bits per heavy atom. The summed E-state index contributed by atoms with van der Waals surface area (Å²) in [4.78, 5) is 0. The van der Waals surface area contributed by atoms with Gasteiger partial charge in [0.2, 0.25) is 0 Å². The number of benzene rings is 2. The van der Waals surface area contributed by atoms with E-state index in [-0.39, 0.29) is 5.92 Å². The van der Waals surface area contributed by atoms with Gasteiger partial charge in [-0.1, -0.05) is 23.8 Å². The molecule has 0 aliphatic carbocycles. The molecular weight excluding hydrogens is 286 g/mol. The molecule has 0 saturated heterocycles. The average molecular weight is 309 g/mol. The van der Waals surface area contributed by atoms with Gasteiger partial charge in [0.05, 0.1) is 25.7 Å². The average Bonchev–Trinajstić information content (AvgIpc) is 2.55. The molecule has 1 unspecified atom stereocenters. The fraction of sp³-hybridized carbons (Fsp3) is 0.350. The molecule has 0 aliphatic rings. The molecule has 0 spiro atoms. The Morgan fingerprint density at radius 1 is 1.04 bits per heavy atom. The van der Waals surface area contributed by atoms with Crippen molar-refractivity contribution in [2.75, 3.05) is 13.7 Å². The molecular formula is C20H23NO2. The lowest BCUT2D eigenvalue weighted by Crippen LogP contribution is -2.06. The first kappa shape index (κ1) is 16.9. The second-order valence-corrected chi connectivity index (χ2v) is 5.81. The molecule has 2 aromatic rings. The Morgan fingerprint density at radius 2 is 1.83 bits per heavy atom. The summed E-state index contributed by atoms with van der Waals surface area (Å²) < 4.78 is 11.2. The zero-order valence-electron chi connectivity index (χ0n) is 14.2. The van der Waals surface area contributed by atoms with Gasteiger partial charge in [0.25, 0.3) is 0 Å². The zero-order valence-corrected chi connectivity index (χ0v) is 14.2. The Bertz CT molecular complexity index is 716. The van der Waals surface area contributed by atoms with Gasteiger partial charge in [-0.15, -0.1) is 0 Å². The van der Waals surface area contributed by atoms with Crippen molar-refractivity contribution in [1.82, 2.24) is 0 Å². The van der Waals surface area contributed by atoms with E-state index in [1.165, 1.54) is 11.1 Å². The summed E-state index contributed by atoms with van der Waals surface area (Å²) in [5, 5.41) is 9.51. The first-order chi connectivity index (χ1) is 11.0. The Labute approximate surface area is 138 Å². The summed E-state index contributed by atoms with van der Waals surface area (Å²) in [7, 11) is 1.63. The van der Waals surface area contributed by atoms with Crippen LogP contribution in [0.3, 0.4) is 0 Å². The number of rotatable bonds is 6. The molecule has 0 N–H and O–H groups in total. The number of aryl methyl sites for hydroxylation is 3. The summed E-state index contributed by atoms with van der Waals surface area (Å²) in [6.07, 6.45) is 0.628. The SMILES string of the molecule is COc1ccc(C)cc1C(C#N)CCOc1ccc(C)c(C)c1. The lowest BCUT2D eigenvalue weighted by Gasteiger charge is -2.15. The van der Waals surface area contributed by atoms with E-state index >= 15 is 0 Å². The number of ether oxygens (including phenoxy) is 2. The smallest absolute Gasteiger partial charge is 0.123 e. The Kier molecular flexibility index (Phi) is 5.65. The molecule has 0 radical (unpaired) electrons. The van der Waals surface area contributed by atoms with Gasteiger partial charge in [0, 0.05) is 12.0 Å². The highest BCUT2D eigenvalue weighted by atomic mass is 16.5. The third-order valence-electron chi connectivity index (χ3n) is 4.07. The number of hydrogen-bond acceptors (Lipinski definition) is 3. The maximum atomic E-state index is 9.51. The molecule has 120 valence electrons. The van der Waals surface area contributed by atoms with E-state index < -0.39 is 0 Å². The van der Waals surface area contributed by atoms with Gasteiger partial charge >= 0.3 is 0 Å². The van der Waals surface area contributed by atoms with Gasteiger partial charge in [0.1, 0.15) is 11.5 Å². The van der Waals surface area contributed by atoms with Crippen molar-refractivity contribution in [3.05, 3.63) is 58.7 Å². The molecule has 0 saturated carbocycles. The van der Waals surface area contributed by atoms with E-state index in [4.69, 9.17) is 9.47 Å². The Balaban J connectivity index is 2.04. The van der Waals surface area contributed by atoms with Crippen molar-refractivity contribution in [2.24, 2.45) is 0 Å². The fourth-order valence-electron chi connectivity index (χ4n) is 2.51. The van der Waals surface area contributed by atoms with Crippen LogP contribution in [0.1, 0.15) is 34.6 Å². The summed E-state index contributed by atoms with van der Waals surface area (Å²) in [6, 6.07) is 14.3. The van der Waals surface area contributed by atoms with Crippen molar-refractivity contribution in [2.45, 2.75) is 33.1 Å². The quantitative estimate of drug-likeness (QED) is 0.777. The van der Waals surface area contributed by atoms with Crippen LogP contribution in [0.25, 0.3) is 0 Å². The highest BCUT2D eigenvalue weighted by molar-refractivity contribution is 5.42. The van der Waals surface area contributed by atoms with Gasteiger partial charge in [-0.25, -0.2) is 0 Å². The van der Waals surface area contributed by atoms with E-state index in [9.17, 15) is 5.26 Å². The van der Waals surface area contributed by atoms with Crippen LogP contribution in [0.2, 0.25) is 0 Å². The molecule has 0 heterocycles. The van der Waals surface area contributed by atoms with E-state index in [1.807, 2.05) is 37.3 Å². The van der Waals surface area contributed by atoms with Crippen LogP contribution in [0.4, 0.5) is 0 Å². The fourth-order valence-corrected chi connectivity index (χ4v) is 2.51. The van der Waals surface area contributed by atoms with Gasteiger partial charge in [-0.05, 0) is 50.1 Å². The van der Waals surface area contributed by atoms with E-state index in [0.717, 1.165) is 22.6 Å². The molecule has 2 aromatic carbocycles. The van der Waals surface area contributed by atoms with Crippen LogP contribution in [0.15, 0.2) is 36.4 Å². The van der Waals surface area contributed by atoms with Crippen molar-refractivity contribution in [3.8, 4) is 17.6 Å². The lowest BCUT2D eigenvalue weighted by molar-refractivity contribution is 0.304. The minimum atomic E-state index is -0.239. The molecule has 1 atom stereocenters. The predicted octanol–water partition coefficient (Wildman–Crippen LogP) is 4.70. The largest absolute Gasteiger partial charge is 0.496 e. The number of nitrogens with zero attached hydrogens (tertiary/aromatic N) is 1. The molecule has 0 bridgehead atoms. The Hall–Kier alpha value is -2.47. The van der Waals surface area contributed by atoms with E-state index in [0.29, 0.717) is 13.0 Å². The monoisotopic (exact) mass is 309 g/mol. The van der Waals surface area contributed by atoms with Crippen LogP contribution in [-0.2, 0) is 0 Å². The van der Waals surface area contributed by atoms with Crippen LogP contribution in [0, 0.1) is 32.1 Å². The van der Waals surface area contributed by atoms with Gasteiger partial charge in [0.15, 0.2) is 0 Å². The first-order valence-corrected chi connectivity index (χ1v) is 7.79. The summed E-state index contributed by atoms with van der Waals surface area (Å²) in [6.45, 7) is 6.66. The van der Waals surface area contributed by atoms with Crippen LogP contribution in [0.5, 0.6) is 11.5 Å². The standard InChI is InChI=1S/C20H23NO2/c1-14-5-8-20(22-4)19(11-14)17(13-21)9-10-23-18-7-6-15(2)16(3)12-18/h5-8,11-12,17H,9-10H2,1-4H3. The van der Waals surface area contributed by atoms with Crippen molar-refractivity contribution >= 4 is 0 Å². The summed E-state index contributed by atoms with van der Waals surface area (Å²) in [5.41, 5.74) is 4.51. The number of methoxy groups -OCH3 is 1. The molecule has 3 heteroatoms. The third-order valence-corrected chi connectivity index (χ3v) is 4.07. The van der Waals surface area contributed by atoms with Gasteiger partial charge in [-0.3, -0.25) is 0 Å². The van der Waals surface area contributed by atoms with Crippen molar-refractivity contribution < 1.29 is 9.47 Å². The molecule has 3 nitrogen and oxygen atoms in total. The predicted molar refractivity (Wildman–Crippen MR) is 92.1 cm³/mol. The van der Waals surface area contributed by atoms with Crippen LogP contribution in [-0.4, -0.2) is 13.7 Å². The maximum Gasteiger partial charge on any atom is 0.123 e. The van der Waals surface area contributed by atoms with Crippen LogP contribution >= 0.6 is 0 Å². The van der Waals surface area contributed by atoms with Crippen molar-refractivity contribution in [3.63, 3.8) is 0 Å².